The van der Waals surface area contributed by atoms with E-state index < -0.39 is 0 Å². The molecule has 2 amide bonds. The molecule has 0 spiro atoms. The molecule has 1 fully saturated rings. The van der Waals surface area contributed by atoms with Gasteiger partial charge in [0.05, 0.1) is 4.91 Å². The van der Waals surface area contributed by atoms with Crippen LogP contribution in [0.25, 0.3) is 17.0 Å². The zero-order valence-electron chi connectivity index (χ0n) is 13.1. The molecule has 118 valence electrons. The summed E-state index contributed by atoms with van der Waals surface area (Å²) in [5, 5.41) is 3.06. The van der Waals surface area contributed by atoms with Gasteiger partial charge < -0.3 is 4.57 Å². The molecule has 1 aliphatic rings. The highest BCUT2D eigenvalue weighted by atomic mass is 32.2. The maximum Gasteiger partial charge on any atom is 0.290 e. The number of benzene rings is 1. The van der Waals surface area contributed by atoms with Gasteiger partial charge in [-0.3, -0.25) is 14.9 Å². The Bertz CT molecular complexity index is 842. The first-order chi connectivity index (χ1) is 11.0. The van der Waals surface area contributed by atoms with Crippen molar-refractivity contribution in [2.45, 2.75) is 26.8 Å². The van der Waals surface area contributed by atoms with Crippen molar-refractivity contribution in [3.05, 3.63) is 52.6 Å². The fraction of sp³-hybridized carbons (Fsp3) is 0.222. The third-order valence-corrected chi connectivity index (χ3v) is 4.51. The summed E-state index contributed by atoms with van der Waals surface area (Å²) in [6.45, 7) is 5.12. The van der Waals surface area contributed by atoms with Crippen LogP contribution in [0.15, 0.2) is 47.0 Å². The number of fused-ring (bicyclic) bond motifs is 1. The normalized spacial score (nSPS) is 16.2. The van der Waals surface area contributed by atoms with Gasteiger partial charge in [-0.15, -0.1) is 0 Å². The summed E-state index contributed by atoms with van der Waals surface area (Å²) < 4.78 is 2.21. The first kappa shape index (κ1) is 15.6. The number of amides is 2. The zero-order chi connectivity index (χ0) is 16.4. The molecular weight excluding hydrogens is 308 g/mol. The highest BCUT2D eigenvalue weighted by Crippen LogP contribution is 2.29. The smallest absolute Gasteiger partial charge is 0.290 e. The van der Waals surface area contributed by atoms with Crippen molar-refractivity contribution in [2.75, 3.05) is 0 Å². The van der Waals surface area contributed by atoms with Crippen LogP contribution in [-0.4, -0.2) is 15.7 Å². The number of thioether (sulfide) groups is 1. The van der Waals surface area contributed by atoms with Gasteiger partial charge in [0.25, 0.3) is 11.1 Å². The number of allylic oxidation sites excluding steroid dienone is 2. The number of nitrogens with zero attached hydrogens (tertiary/aromatic N) is 1. The number of imide groups is 1. The predicted octanol–water partition coefficient (Wildman–Crippen LogP) is 4.32. The van der Waals surface area contributed by atoms with Crippen LogP contribution in [-0.2, 0) is 11.3 Å². The summed E-state index contributed by atoms with van der Waals surface area (Å²) in [7, 11) is 0. The van der Waals surface area contributed by atoms with Gasteiger partial charge in [-0.25, -0.2) is 0 Å². The van der Waals surface area contributed by atoms with Crippen LogP contribution < -0.4 is 5.32 Å². The number of carbonyl (C=O) groups excluding carboxylic acids is 2. The molecule has 0 radical (unpaired) electrons. The summed E-state index contributed by atoms with van der Waals surface area (Å²) in [4.78, 5) is 23.4. The molecule has 3 rings (SSSR count). The van der Waals surface area contributed by atoms with E-state index in [1.165, 1.54) is 5.57 Å². The fourth-order valence-corrected chi connectivity index (χ4v) is 3.30. The molecule has 2 heterocycles. The number of nitrogens with one attached hydrogen (secondary N) is 1. The molecule has 23 heavy (non-hydrogen) atoms. The molecule has 4 nitrogen and oxygen atoms in total. The largest absolute Gasteiger partial charge is 0.347 e. The summed E-state index contributed by atoms with van der Waals surface area (Å²) in [6.07, 6.45) is 7.07. The number of hydrogen-bond donors (Lipinski definition) is 1. The molecule has 1 aromatic heterocycles. The molecular formula is C18H18N2O2S. The fourth-order valence-electron chi connectivity index (χ4n) is 2.62. The Morgan fingerprint density at radius 3 is 2.78 bits per heavy atom. The quantitative estimate of drug-likeness (QED) is 0.672. The van der Waals surface area contributed by atoms with E-state index in [9.17, 15) is 9.59 Å². The number of hydrogen-bond acceptors (Lipinski definition) is 3. The first-order valence-corrected chi connectivity index (χ1v) is 8.32. The van der Waals surface area contributed by atoms with Gasteiger partial charge in [0, 0.05) is 23.6 Å². The average Bonchev–Trinajstić information content (AvgIpc) is 3.03. The molecule has 5 heteroatoms. The molecule has 0 unspecified atom stereocenters. The van der Waals surface area contributed by atoms with Gasteiger partial charge >= 0.3 is 0 Å². The van der Waals surface area contributed by atoms with Crippen molar-refractivity contribution in [3.8, 4) is 0 Å². The van der Waals surface area contributed by atoms with Gasteiger partial charge in [-0.05, 0) is 55.8 Å². The molecule has 0 saturated carbocycles. The van der Waals surface area contributed by atoms with Gasteiger partial charge in [-0.1, -0.05) is 23.8 Å². The maximum absolute atomic E-state index is 11.7. The third kappa shape index (κ3) is 3.40. The van der Waals surface area contributed by atoms with E-state index in [1.807, 2.05) is 12.1 Å². The van der Waals surface area contributed by atoms with E-state index in [4.69, 9.17) is 0 Å². The highest BCUT2D eigenvalue weighted by molar-refractivity contribution is 8.18. The van der Waals surface area contributed by atoms with Crippen LogP contribution in [0.5, 0.6) is 0 Å². The SMILES string of the molecule is CC(C)=CCCn1ccc2c(/C=C3\SC(=O)NC3=O)cccc21. The first-order valence-electron chi connectivity index (χ1n) is 7.50. The Kier molecular flexibility index (Phi) is 4.39. The van der Waals surface area contributed by atoms with E-state index >= 15 is 0 Å². The van der Waals surface area contributed by atoms with Crippen LogP contribution in [0.1, 0.15) is 25.8 Å². The Morgan fingerprint density at radius 1 is 1.26 bits per heavy atom. The summed E-state index contributed by atoms with van der Waals surface area (Å²) in [6, 6.07) is 8.08. The van der Waals surface area contributed by atoms with Gasteiger partial charge in [0.15, 0.2) is 0 Å². The maximum atomic E-state index is 11.7. The van der Waals surface area contributed by atoms with E-state index in [1.54, 1.807) is 6.08 Å². The summed E-state index contributed by atoms with van der Waals surface area (Å²) in [5.74, 6) is -0.319. The Hall–Kier alpha value is -2.27. The monoisotopic (exact) mass is 326 g/mol. The van der Waals surface area contributed by atoms with Crippen molar-refractivity contribution < 1.29 is 9.59 Å². The van der Waals surface area contributed by atoms with Crippen molar-refractivity contribution in [1.29, 1.82) is 0 Å². The van der Waals surface area contributed by atoms with Crippen LogP contribution in [0.3, 0.4) is 0 Å². The molecule has 0 aliphatic carbocycles. The van der Waals surface area contributed by atoms with Crippen molar-refractivity contribution in [3.63, 3.8) is 0 Å². The van der Waals surface area contributed by atoms with Gasteiger partial charge in [0.2, 0.25) is 0 Å². The van der Waals surface area contributed by atoms with Gasteiger partial charge in [-0.2, -0.15) is 0 Å². The molecule has 1 aliphatic heterocycles. The summed E-state index contributed by atoms with van der Waals surface area (Å²) >= 11 is 0.948. The molecule has 0 atom stereocenters. The number of aromatic nitrogens is 1. The predicted molar refractivity (Wildman–Crippen MR) is 95.1 cm³/mol. The van der Waals surface area contributed by atoms with Crippen LogP contribution in [0.4, 0.5) is 4.79 Å². The Morgan fingerprint density at radius 2 is 2.09 bits per heavy atom. The van der Waals surface area contributed by atoms with E-state index in [2.05, 4.69) is 48.1 Å². The van der Waals surface area contributed by atoms with Crippen LogP contribution >= 0.6 is 11.8 Å². The minimum absolute atomic E-state index is 0.312. The summed E-state index contributed by atoms with van der Waals surface area (Å²) in [5.41, 5.74) is 3.41. The topological polar surface area (TPSA) is 51.1 Å². The van der Waals surface area contributed by atoms with Crippen LogP contribution in [0, 0.1) is 0 Å². The minimum Gasteiger partial charge on any atom is -0.347 e. The molecule has 1 aromatic carbocycles. The van der Waals surface area contributed by atoms with Crippen molar-refractivity contribution in [2.24, 2.45) is 0 Å². The lowest BCUT2D eigenvalue weighted by Crippen LogP contribution is -2.17. The minimum atomic E-state index is -0.319. The van der Waals surface area contributed by atoms with E-state index in [0.29, 0.717) is 4.91 Å². The lowest BCUT2D eigenvalue weighted by Gasteiger charge is -2.05. The molecule has 1 saturated heterocycles. The number of rotatable bonds is 4. The molecule has 0 bridgehead atoms. The second-order valence-corrected chi connectivity index (χ2v) is 6.73. The Labute approximate surface area is 139 Å². The number of aryl methyl sites for hydroxylation is 1. The van der Waals surface area contributed by atoms with Gasteiger partial charge in [0.1, 0.15) is 0 Å². The molecule has 1 N–H and O–H groups in total. The highest BCUT2D eigenvalue weighted by Gasteiger charge is 2.25. The number of carbonyl (C=O) groups is 2. The lowest BCUT2D eigenvalue weighted by molar-refractivity contribution is -0.115. The third-order valence-electron chi connectivity index (χ3n) is 3.70. The lowest BCUT2D eigenvalue weighted by atomic mass is 10.1. The average molecular weight is 326 g/mol. The second kappa shape index (κ2) is 6.46. The van der Waals surface area contributed by atoms with Crippen LogP contribution in [0.2, 0.25) is 0 Å². The standard InChI is InChI=1S/C18H18N2O2S/c1-12(2)5-4-9-20-10-8-14-13(6-3-7-15(14)20)11-16-17(21)19-18(22)23-16/h3,5-8,10-11H,4,9H2,1-2H3,(H,19,21,22)/b16-11-. The van der Waals surface area contributed by atoms with E-state index in [0.717, 1.165) is 41.2 Å². The second-order valence-electron chi connectivity index (χ2n) is 5.71. The van der Waals surface area contributed by atoms with Crippen molar-refractivity contribution in [1.82, 2.24) is 9.88 Å². The van der Waals surface area contributed by atoms with E-state index in [-0.39, 0.29) is 11.1 Å². The molecule has 2 aromatic rings. The Balaban J connectivity index is 1.93. The van der Waals surface area contributed by atoms with Crippen molar-refractivity contribution >= 4 is 39.9 Å². The zero-order valence-corrected chi connectivity index (χ0v) is 13.9.